The highest BCUT2D eigenvalue weighted by Crippen LogP contribution is 2.42. The molecule has 4 heterocycles. The van der Waals surface area contributed by atoms with Gasteiger partial charge >= 0.3 is 0 Å². The lowest BCUT2D eigenvalue weighted by Crippen LogP contribution is -2.54. The summed E-state index contributed by atoms with van der Waals surface area (Å²) >= 11 is 6.42. The van der Waals surface area contributed by atoms with Gasteiger partial charge in [0.2, 0.25) is 0 Å². The third kappa shape index (κ3) is 5.65. The fourth-order valence-corrected chi connectivity index (χ4v) is 8.23. The Bertz CT molecular complexity index is 1360. The van der Waals surface area contributed by atoms with E-state index in [2.05, 4.69) is 40.6 Å². The molecule has 2 saturated heterocycles. The van der Waals surface area contributed by atoms with Crippen LogP contribution in [0.4, 0.5) is 5.69 Å². The molecule has 9 heteroatoms. The third-order valence-corrected chi connectivity index (χ3v) is 10.7. The number of amides is 1. The van der Waals surface area contributed by atoms with Crippen molar-refractivity contribution in [1.82, 2.24) is 5.32 Å². The Morgan fingerprint density at radius 2 is 1.98 bits per heavy atom. The minimum atomic E-state index is -1.61. The van der Waals surface area contributed by atoms with Gasteiger partial charge in [-0.3, -0.25) is 4.79 Å². The molecule has 1 N–H and O–H groups in total. The van der Waals surface area contributed by atoms with Gasteiger partial charge < -0.3 is 28.3 Å². The van der Waals surface area contributed by atoms with Gasteiger partial charge in [0.1, 0.15) is 5.75 Å². The summed E-state index contributed by atoms with van der Waals surface area (Å²) in [6.45, 7) is 7.36. The van der Waals surface area contributed by atoms with E-state index in [0.29, 0.717) is 24.5 Å². The minimum Gasteiger partial charge on any atom is -0.491 e. The Hall–Kier alpha value is -2.13. The number of rotatable bonds is 0. The number of hydrogen-bond acceptors (Lipinski definition) is 7. The molecule has 2 aromatic rings. The summed E-state index contributed by atoms with van der Waals surface area (Å²) in [6.07, 6.45) is 5.79. The van der Waals surface area contributed by atoms with E-state index in [-0.39, 0.29) is 29.5 Å². The molecule has 7 nitrogen and oxygen atoms in total. The van der Waals surface area contributed by atoms with E-state index in [1.54, 1.807) is 6.07 Å². The zero-order valence-corrected chi connectivity index (χ0v) is 24.9. The normalized spacial score (nSPS) is 31.6. The summed E-state index contributed by atoms with van der Waals surface area (Å²) in [5, 5.41) is 4.56. The number of nitrogens with zero attached hydrogens (tertiary/aromatic N) is 2. The van der Waals surface area contributed by atoms with Crippen LogP contribution in [-0.4, -0.2) is 49.1 Å². The number of carbonyl (C=O) groups is 1. The number of fused-ring (bicyclic) bond motifs is 3. The molecular weight excluding hydrogens is 546 g/mol. The Kier molecular flexibility index (Phi) is 8.14. The molecule has 2 aromatic carbocycles. The molecule has 0 radical (unpaired) electrons. The number of nitrogens with one attached hydrogen (secondary N) is 1. The highest BCUT2D eigenvalue weighted by Gasteiger charge is 2.51. The van der Waals surface area contributed by atoms with E-state index >= 15 is 0 Å². The monoisotopic (exact) mass is 584 g/mol. The first-order valence-corrected chi connectivity index (χ1v) is 16.3. The molecule has 6 rings (SSSR count). The van der Waals surface area contributed by atoms with E-state index in [4.69, 9.17) is 21.1 Å². The molecule has 40 heavy (non-hydrogen) atoms. The molecule has 4 aliphatic heterocycles. The lowest BCUT2D eigenvalue weighted by atomic mass is 9.78. The van der Waals surface area contributed by atoms with Gasteiger partial charge in [0.05, 0.1) is 18.4 Å². The SMILES string of the molecule is C[C@H]1[C@H]2OCC[C@]23CC[C@@H](C[S-](=O)=NC(=O)c2ccc4c(c2)N(Cc2ccc(Cl)cc2CCCCO4)C[C@@H]1C)N3. The molecule has 0 unspecified atom stereocenters. The van der Waals surface area contributed by atoms with Crippen LogP contribution in [0.2, 0.25) is 5.02 Å². The van der Waals surface area contributed by atoms with E-state index in [1.165, 1.54) is 11.1 Å². The number of benzene rings is 2. The van der Waals surface area contributed by atoms with Crippen molar-refractivity contribution in [2.45, 2.75) is 76.6 Å². The number of aryl methyl sites for hydroxylation is 1. The smallest absolute Gasteiger partial charge is 0.254 e. The van der Waals surface area contributed by atoms with Crippen LogP contribution >= 0.6 is 11.6 Å². The van der Waals surface area contributed by atoms with Crippen LogP contribution in [0.5, 0.6) is 5.75 Å². The lowest BCUT2D eigenvalue weighted by Gasteiger charge is -2.39. The molecule has 4 bridgehead atoms. The van der Waals surface area contributed by atoms with Crippen molar-refractivity contribution in [1.29, 1.82) is 0 Å². The highest BCUT2D eigenvalue weighted by atomic mass is 35.5. The van der Waals surface area contributed by atoms with Gasteiger partial charge in [0.25, 0.3) is 5.91 Å². The maximum absolute atomic E-state index is 13.2. The van der Waals surface area contributed by atoms with Gasteiger partial charge in [-0.05, 0) is 97.9 Å². The molecule has 5 atom stereocenters. The second-order valence-corrected chi connectivity index (χ2v) is 13.7. The Morgan fingerprint density at radius 1 is 1.10 bits per heavy atom. The molecule has 2 fully saturated rings. The summed E-state index contributed by atoms with van der Waals surface area (Å²) < 4.78 is 29.9. The Morgan fingerprint density at radius 3 is 2.85 bits per heavy atom. The van der Waals surface area contributed by atoms with Crippen molar-refractivity contribution in [2.24, 2.45) is 16.2 Å². The van der Waals surface area contributed by atoms with Crippen LogP contribution in [0.15, 0.2) is 40.8 Å². The van der Waals surface area contributed by atoms with Crippen molar-refractivity contribution >= 4 is 33.8 Å². The maximum atomic E-state index is 13.2. The minimum absolute atomic E-state index is 0.0610. The van der Waals surface area contributed by atoms with Crippen molar-refractivity contribution < 1.29 is 18.5 Å². The van der Waals surface area contributed by atoms with Gasteiger partial charge in [0.15, 0.2) is 0 Å². The Labute approximate surface area is 244 Å². The quantitative estimate of drug-likeness (QED) is 0.388. The first kappa shape index (κ1) is 28.0. The average Bonchev–Trinajstić information content (AvgIpc) is 3.52. The number of carbonyl (C=O) groups excluding carboxylic acids is 1. The number of anilines is 1. The molecule has 216 valence electrons. The second kappa shape index (κ2) is 11.6. The van der Waals surface area contributed by atoms with Crippen LogP contribution in [-0.2, 0) is 32.5 Å². The van der Waals surface area contributed by atoms with Crippen LogP contribution in [0.1, 0.15) is 67.4 Å². The number of halogens is 1. The van der Waals surface area contributed by atoms with Crippen LogP contribution in [0.3, 0.4) is 0 Å². The topological polar surface area (TPSA) is 80.2 Å². The summed E-state index contributed by atoms with van der Waals surface area (Å²) in [4.78, 5) is 15.6. The standard InChI is InChI=1S/C31H39ClN3O4S/c1-20-17-35-18-24-6-8-25(32)15-22(24)5-3-4-13-38-28-9-7-23(16-27(28)35)30(36)34-40(37)19-26-10-11-31(33-26)12-14-39-29(31)21(20)2/h6-9,15-16,20-21,26,29,33H,3-5,10-14,17-19H2,1-2H3/q-1/t20-,21+,26-,29+,31+/m0/s1. The molecular formula is C31H39ClN3O4S-. The fraction of sp³-hybridized carbons (Fsp3) is 0.581. The van der Waals surface area contributed by atoms with Crippen LogP contribution in [0.25, 0.3) is 0 Å². The van der Waals surface area contributed by atoms with Gasteiger partial charge in [-0.2, -0.15) is 10.6 Å². The predicted molar refractivity (Wildman–Crippen MR) is 159 cm³/mol. The van der Waals surface area contributed by atoms with Crippen molar-refractivity contribution in [2.75, 3.05) is 30.4 Å². The van der Waals surface area contributed by atoms with Crippen LogP contribution in [0, 0.1) is 11.8 Å². The Balaban J connectivity index is 1.46. The van der Waals surface area contributed by atoms with Crippen molar-refractivity contribution in [3.05, 3.63) is 58.1 Å². The van der Waals surface area contributed by atoms with E-state index in [1.807, 2.05) is 18.2 Å². The van der Waals surface area contributed by atoms with E-state index in [9.17, 15) is 9.00 Å². The van der Waals surface area contributed by atoms with Gasteiger partial charge in [-0.15, -0.1) is 0 Å². The van der Waals surface area contributed by atoms with Gasteiger partial charge in [0, 0.05) is 35.8 Å². The summed E-state index contributed by atoms with van der Waals surface area (Å²) in [5.41, 5.74) is 3.66. The molecule has 0 aromatic heterocycles. The molecule has 4 aliphatic rings. The average molecular weight is 585 g/mol. The molecule has 1 spiro atoms. The highest BCUT2D eigenvalue weighted by molar-refractivity contribution is 7.75. The zero-order valence-electron chi connectivity index (χ0n) is 23.4. The summed E-state index contributed by atoms with van der Waals surface area (Å²) in [6, 6.07) is 11.7. The fourth-order valence-electron chi connectivity index (χ4n) is 7.08. The van der Waals surface area contributed by atoms with E-state index in [0.717, 1.165) is 68.1 Å². The van der Waals surface area contributed by atoms with Crippen molar-refractivity contribution in [3.8, 4) is 5.75 Å². The molecule has 0 aliphatic carbocycles. The molecule has 0 saturated carbocycles. The largest absolute Gasteiger partial charge is 0.491 e. The predicted octanol–water partition coefficient (Wildman–Crippen LogP) is 5.91. The summed E-state index contributed by atoms with van der Waals surface area (Å²) in [7, 11) is -1.61. The number of hydrogen-bond donors (Lipinski definition) is 1. The number of ether oxygens (including phenoxy) is 2. The summed E-state index contributed by atoms with van der Waals surface area (Å²) in [5.74, 6) is 1.22. The second-order valence-electron chi connectivity index (χ2n) is 12.1. The first-order valence-electron chi connectivity index (χ1n) is 14.6. The van der Waals surface area contributed by atoms with Gasteiger partial charge in [-0.1, -0.05) is 37.3 Å². The van der Waals surface area contributed by atoms with Crippen LogP contribution < -0.4 is 15.0 Å². The first-order chi connectivity index (χ1) is 19.3. The van der Waals surface area contributed by atoms with Crippen molar-refractivity contribution in [3.63, 3.8) is 0 Å². The van der Waals surface area contributed by atoms with E-state index < -0.39 is 16.5 Å². The molecule has 1 amide bonds. The zero-order chi connectivity index (χ0) is 27.9. The third-order valence-electron chi connectivity index (χ3n) is 9.41. The maximum Gasteiger partial charge on any atom is 0.254 e. The van der Waals surface area contributed by atoms with Gasteiger partial charge in [-0.25, -0.2) is 0 Å². The lowest BCUT2D eigenvalue weighted by molar-refractivity contribution is 0.0135.